The molecule has 0 atom stereocenters. The molecule has 0 aliphatic rings. The lowest BCUT2D eigenvalue weighted by Crippen LogP contribution is -2.18. The van der Waals surface area contributed by atoms with Crippen molar-refractivity contribution >= 4 is 46.4 Å². The van der Waals surface area contributed by atoms with Crippen molar-refractivity contribution in [2.75, 3.05) is 10.6 Å². The Balaban J connectivity index is 1.88. The number of nitrogens with one attached hydrogen (secondary N) is 2. The summed E-state index contributed by atoms with van der Waals surface area (Å²) in [7, 11) is 0. The lowest BCUT2D eigenvalue weighted by atomic mass is 10.1. The van der Waals surface area contributed by atoms with Gasteiger partial charge in [0.1, 0.15) is 5.82 Å². The molecule has 0 radical (unpaired) electrons. The molecule has 0 aliphatic carbocycles. The molecule has 0 unspecified atom stereocenters. The van der Waals surface area contributed by atoms with E-state index < -0.39 is 35.1 Å². The highest BCUT2D eigenvalue weighted by molar-refractivity contribution is 6.44. The largest absolute Gasteiger partial charge is 0.418 e. The molecule has 0 fully saturated rings. The molecule has 0 aliphatic heterocycles. The Labute approximate surface area is 183 Å². The average molecular weight is 471 g/mol. The second-order valence-corrected chi connectivity index (χ2v) is 7.06. The van der Waals surface area contributed by atoms with Gasteiger partial charge in [-0.15, -0.1) is 0 Å². The van der Waals surface area contributed by atoms with Gasteiger partial charge in [0.05, 0.1) is 26.9 Å². The van der Waals surface area contributed by atoms with E-state index in [1.54, 1.807) is 0 Å². The van der Waals surface area contributed by atoms with E-state index in [0.29, 0.717) is 6.07 Å². The standard InChI is InChI=1S/C21H12Cl2F4N2O2/c22-16-3-1-2-14(18(16)23)20(31)29-17-9-8-13(10-15(17)21(25,26)27)28-19(30)11-4-6-12(24)7-5-11/h1-10H,(H,28,30)(H,29,31). The molecular weight excluding hydrogens is 459 g/mol. The maximum atomic E-state index is 13.6. The third-order valence-corrected chi connectivity index (χ3v) is 4.95. The summed E-state index contributed by atoms with van der Waals surface area (Å²) in [5.74, 6) is -2.17. The molecule has 160 valence electrons. The number of amides is 2. The molecule has 31 heavy (non-hydrogen) atoms. The first kappa shape index (κ1) is 22.6. The van der Waals surface area contributed by atoms with Crippen molar-refractivity contribution in [1.82, 2.24) is 0 Å². The molecule has 4 nitrogen and oxygen atoms in total. The van der Waals surface area contributed by atoms with Crippen LogP contribution < -0.4 is 10.6 Å². The summed E-state index contributed by atoms with van der Waals surface area (Å²) in [6.07, 6.45) is -4.84. The topological polar surface area (TPSA) is 58.2 Å². The maximum absolute atomic E-state index is 13.6. The number of benzene rings is 3. The van der Waals surface area contributed by atoms with Crippen LogP contribution in [0, 0.1) is 5.82 Å². The number of hydrogen-bond acceptors (Lipinski definition) is 2. The van der Waals surface area contributed by atoms with Gasteiger partial charge in [-0.1, -0.05) is 29.3 Å². The zero-order chi connectivity index (χ0) is 22.8. The lowest BCUT2D eigenvalue weighted by molar-refractivity contribution is -0.136. The number of carbonyl (C=O) groups excluding carboxylic acids is 2. The molecule has 0 bridgehead atoms. The summed E-state index contributed by atoms with van der Waals surface area (Å²) in [6.45, 7) is 0. The number of rotatable bonds is 4. The summed E-state index contributed by atoms with van der Waals surface area (Å²) < 4.78 is 53.7. The minimum Gasteiger partial charge on any atom is -0.322 e. The van der Waals surface area contributed by atoms with Crippen LogP contribution in [0.15, 0.2) is 60.7 Å². The first-order valence-electron chi connectivity index (χ1n) is 8.60. The van der Waals surface area contributed by atoms with Gasteiger partial charge in [-0.05, 0) is 54.6 Å². The van der Waals surface area contributed by atoms with E-state index in [4.69, 9.17) is 23.2 Å². The van der Waals surface area contributed by atoms with Crippen molar-refractivity contribution in [3.05, 3.63) is 93.2 Å². The number of hydrogen-bond donors (Lipinski definition) is 2. The predicted octanol–water partition coefficient (Wildman–Crippen LogP) is 6.66. The van der Waals surface area contributed by atoms with Crippen LogP contribution in [0.1, 0.15) is 26.3 Å². The minimum atomic E-state index is -4.84. The Kier molecular flexibility index (Phi) is 6.52. The van der Waals surface area contributed by atoms with Crippen molar-refractivity contribution < 1.29 is 27.2 Å². The van der Waals surface area contributed by atoms with Crippen LogP contribution in [0.25, 0.3) is 0 Å². The van der Waals surface area contributed by atoms with Crippen LogP contribution in [0.3, 0.4) is 0 Å². The molecule has 0 spiro atoms. The summed E-state index contributed by atoms with van der Waals surface area (Å²) in [5.41, 5.74) is -1.93. The molecule has 0 aromatic heterocycles. The number of alkyl halides is 3. The third kappa shape index (κ3) is 5.34. The van der Waals surface area contributed by atoms with Crippen molar-refractivity contribution in [3.8, 4) is 0 Å². The zero-order valence-electron chi connectivity index (χ0n) is 15.4. The molecule has 10 heteroatoms. The molecule has 2 N–H and O–H groups in total. The Morgan fingerprint density at radius 2 is 1.52 bits per heavy atom. The van der Waals surface area contributed by atoms with Crippen LogP contribution in [0.5, 0.6) is 0 Å². The Morgan fingerprint density at radius 1 is 0.839 bits per heavy atom. The summed E-state index contributed by atoms with van der Waals surface area (Å²) in [4.78, 5) is 24.6. The van der Waals surface area contributed by atoms with Gasteiger partial charge in [0.2, 0.25) is 0 Å². The van der Waals surface area contributed by atoms with Gasteiger partial charge in [-0.3, -0.25) is 9.59 Å². The van der Waals surface area contributed by atoms with E-state index in [1.807, 2.05) is 0 Å². The Bertz CT molecular complexity index is 1150. The highest BCUT2D eigenvalue weighted by atomic mass is 35.5. The lowest BCUT2D eigenvalue weighted by Gasteiger charge is -2.16. The molecular formula is C21H12Cl2F4N2O2. The fourth-order valence-corrected chi connectivity index (χ4v) is 3.03. The van der Waals surface area contributed by atoms with Crippen molar-refractivity contribution in [1.29, 1.82) is 0 Å². The van der Waals surface area contributed by atoms with Gasteiger partial charge in [0.25, 0.3) is 11.8 Å². The van der Waals surface area contributed by atoms with Gasteiger partial charge in [0, 0.05) is 11.3 Å². The van der Waals surface area contributed by atoms with Crippen molar-refractivity contribution in [2.45, 2.75) is 6.18 Å². The fraction of sp³-hybridized carbons (Fsp3) is 0.0476. The monoisotopic (exact) mass is 470 g/mol. The molecule has 3 aromatic carbocycles. The second-order valence-electron chi connectivity index (χ2n) is 6.27. The smallest absolute Gasteiger partial charge is 0.322 e. The predicted molar refractivity (Wildman–Crippen MR) is 110 cm³/mol. The van der Waals surface area contributed by atoms with Gasteiger partial charge in [-0.25, -0.2) is 4.39 Å². The first-order valence-corrected chi connectivity index (χ1v) is 9.35. The molecule has 0 heterocycles. The van der Waals surface area contributed by atoms with Crippen LogP contribution >= 0.6 is 23.2 Å². The molecule has 3 aromatic rings. The highest BCUT2D eigenvalue weighted by Crippen LogP contribution is 2.37. The van der Waals surface area contributed by atoms with Crippen LogP contribution in [-0.2, 0) is 6.18 Å². The first-order chi connectivity index (χ1) is 14.6. The summed E-state index contributed by atoms with van der Waals surface area (Å²) >= 11 is 11.8. The minimum absolute atomic E-state index is 0.0583. The van der Waals surface area contributed by atoms with E-state index in [2.05, 4.69) is 10.6 Å². The summed E-state index contributed by atoms with van der Waals surface area (Å²) in [5, 5.41) is 4.44. The van der Waals surface area contributed by atoms with E-state index in [-0.39, 0.29) is 26.9 Å². The highest BCUT2D eigenvalue weighted by Gasteiger charge is 2.34. The molecule has 3 rings (SSSR count). The van der Waals surface area contributed by atoms with Gasteiger partial charge >= 0.3 is 6.18 Å². The average Bonchev–Trinajstić information content (AvgIpc) is 2.70. The Morgan fingerprint density at radius 3 is 2.16 bits per heavy atom. The van der Waals surface area contributed by atoms with Gasteiger partial charge < -0.3 is 10.6 Å². The van der Waals surface area contributed by atoms with Crippen molar-refractivity contribution in [3.63, 3.8) is 0 Å². The van der Waals surface area contributed by atoms with Crippen LogP contribution in [-0.4, -0.2) is 11.8 Å². The summed E-state index contributed by atoms with van der Waals surface area (Å²) in [6, 6.07) is 11.5. The number of carbonyl (C=O) groups is 2. The van der Waals surface area contributed by atoms with Crippen LogP contribution in [0.2, 0.25) is 10.0 Å². The quantitative estimate of drug-likeness (QED) is 0.419. The van der Waals surface area contributed by atoms with Gasteiger partial charge in [-0.2, -0.15) is 13.2 Å². The van der Waals surface area contributed by atoms with Crippen LogP contribution in [0.4, 0.5) is 28.9 Å². The fourth-order valence-electron chi connectivity index (χ4n) is 2.64. The molecule has 2 amide bonds. The third-order valence-electron chi connectivity index (χ3n) is 4.13. The van der Waals surface area contributed by atoms with Crippen molar-refractivity contribution in [2.24, 2.45) is 0 Å². The van der Waals surface area contributed by atoms with E-state index >= 15 is 0 Å². The van der Waals surface area contributed by atoms with Gasteiger partial charge in [0.15, 0.2) is 0 Å². The SMILES string of the molecule is O=C(Nc1ccc(NC(=O)c2cccc(Cl)c2Cl)c(C(F)(F)F)c1)c1ccc(F)cc1. The Hall–Kier alpha value is -3.10. The van der Waals surface area contributed by atoms with E-state index in [1.165, 1.54) is 36.4 Å². The maximum Gasteiger partial charge on any atom is 0.418 e. The molecule has 0 saturated heterocycles. The number of halogens is 6. The second kappa shape index (κ2) is 8.95. The molecule has 0 saturated carbocycles. The van der Waals surface area contributed by atoms with E-state index in [9.17, 15) is 27.2 Å². The normalized spacial score (nSPS) is 11.2. The number of anilines is 2. The van der Waals surface area contributed by atoms with E-state index in [0.717, 1.165) is 18.2 Å². The zero-order valence-corrected chi connectivity index (χ0v) is 16.9.